The van der Waals surface area contributed by atoms with Gasteiger partial charge in [-0.15, -0.1) is 0 Å². The normalized spacial score (nSPS) is 19.1. The molecule has 2 heterocycles. The summed E-state index contributed by atoms with van der Waals surface area (Å²) >= 11 is 0. The lowest BCUT2D eigenvalue weighted by molar-refractivity contribution is -0.133. The highest BCUT2D eigenvalue weighted by molar-refractivity contribution is 5.91. The monoisotopic (exact) mass is 280 g/mol. The summed E-state index contributed by atoms with van der Waals surface area (Å²) in [5.74, 6) is 0.188. The van der Waals surface area contributed by atoms with E-state index in [1.54, 1.807) is 32.0 Å². The summed E-state index contributed by atoms with van der Waals surface area (Å²) in [4.78, 5) is 27.4. The van der Waals surface area contributed by atoms with Crippen molar-refractivity contribution in [1.82, 2.24) is 15.0 Å². The van der Waals surface area contributed by atoms with Crippen LogP contribution >= 0.6 is 0 Å². The van der Waals surface area contributed by atoms with Crippen molar-refractivity contribution in [3.8, 4) is 0 Å². The van der Waals surface area contributed by atoms with E-state index in [0.717, 1.165) is 19.4 Å². The zero-order valence-electron chi connectivity index (χ0n) is 12.0. The molecule has 0 spiro atoms. The average Bonchev–Trinajstić information content (AvgIpc) is 2.97. The number of aryl methyl sites for hydroxylation is 1. The van der Waals surface area contributed by atoms with Gasteiger partial charge in [0.25, 0.3) is 0 Å². The quantitative estimate of drug-likeness (QED) is 0.867. The van der Waals surface area contributed by atoms with Crippen LogP contribution < -0.4 is 5.32 Å². The van der Waals surface area contributed by atoms with Gasteiger partial charge in [-0.2, -0.15) is 0 Å². The van der Waals surface area contributed by atoms with Crippen LogP contribution in [0.1, 0.15) is 18.5 Å². The Labute approximate surface area is 117 Å². The molecule has 1 N–H and O–H groups in total. The number of rotatable bonds is 4. The number of nitrogens with one attached hydrogen (secondary N) is 1. The molecule has 1 saturated heterocycles. The predicted molar refractivity (Wildman–Crippen MR) is 73.2 cm³/mol. The molecule has 1 aromatic heterocycles. The molecule has 7 heteroatoms. The van der Waals surface area contributed by atoms with Crippen LogP contribution in [0.2, 0.25) is 0 Å². The molecule has 0 aromatic carbocycles. The van der Waals surface area contributed by atoms with E-state index in [1.807, 2.05) is 4.90 Å². The maximum atomic E-state index is 12.0. The first-order valence-corrected chi connectivity index (χ1v) is 6.66. The number of anilines is 1. The second-order valence-electron chi connectivity index (χ2n) is 5.24. The maximum Gasteiger partial charge on any atom is 0.240 e. The van der Waals surface area contributed by atoms with Crippen molar-refractivity contribution in [3.63, 3.8) is 0 Å². The van der Waals surface area contributed by atoms with Crippen molar-refractivity contribution in [2.24, 2.45) is 0 Å². The van der Waals surface area contributed by atoms with Crippen LogP contribution in [-0.2, 0) is 9.59 Å². The third kappa shape index (κ3) is 3.36. The third-order valence-corrected chi connectivity index (χ3v) is 3.33. The van der Waals surface area contributed by atoms with Gasteiger partial charge in [-0.3, -0.25) is 19.8 Å². The summed E-state index contributed by atoms with van der Waals surface area (Å²) in [5, 5.41) is 6.35. The molecule has 1 aliphatic rings. The summed E-state index contributed by atoms with van der Waals surface area (Å²) in [6.07, 6.45) is 1.73. The van der Waals surface area contributed by atoms with Gasteiger partial charge in [0.1, 0.15) is 0 Å². The Balaban J connectivity index is 1.91. The van der Waals surface area contributed by atoms with Crippen LogP contribution in [0.3, 0.4) is 0 Å². The number of hydrogen-bond donors (Lipinski definition) is 1. The molecule has 110 valence electrons. The minimum atomic E-state index is -0.202. The van der Waals surface area contributed by atoms with E-state index in [-0.39, 0.29) is 24.4 Å². The van der Waals surface area contributed by atoms with Crippen LogP contribution in [0, 0.1) is 6.92 Å². The molecule has 1 aromatic rings. The predicted octanol–water partition coefficient (Wildman–Crippen LogP) is 0.474. The highest BCUT2D eigenvalue weighted by Gasteiger charge is 2.32. The van der Waals surface area contributed by atoms with Crippen LogP contribution in [0.25, 0.3) is 0 Å². The summed E-state index contributed by atoms with van der Waals surface area (Å²) in [7, 11) is 3.46. The molecule has 0 bridgehead atoms. The number of carbonyl (C=O) groups excluding carboxylic acids is 2. The third-order valence-electron chi connectivity index (χ3n) is 3.33. The van der Waals surface area contributed by atoms with Gasteiger partial charge >= 0.3 is 0 Å². The molecular weight excluding hydrogens is 260 g/mol. The molecule has 2 rings (SSSR count). The molecule has 1 fully saturated rings. The number of carbonyl (C=O) groups is 2. The average molecular weight is 280 g/mol. The number of hydrogen-bond acceptors (Lipinski definition) is 5. The Bertz CT molecular complexity index is 498. The molecule has 0 unspecified atom stereocenters. The fourth-order valence-electron chi connectivity index (χ4n) is 2.38. The van der Waals surface area contributed by atoms with Gasteiger partial charge in [0, 0.05) is 20.2 Å². The van der Waals surface area contributed by atoms with Crippen molar-refractivity contribution >= 4 is 17.7 Å². The number of nitrogens with zero attached hydrogens (tertiary/aromatic N) is 3. The van der Waals surface area contributed by atoms with Crippen molar-refractivity contribution < 1.29 is 14.1 Å². The van der Waals surface area contributed by atoms with Crippen molar-refractivity contribution in [2.75, 3.05) is 32.5 Å². The van der Waals surface area contributed by atoms with E-state index in [2.05, 4.69) is 10.5 Å². The van der Waals surface area contributed by atoms with E-state index < -0.39 is 0 Å². The Morgan fingerprint density at radius 3 is 2.90 bits per heavy atom. The van der Waals surface area contributed by atoms with Gasteiger partial charge in [0.15, 0.2) is 0 Å². The van der Waals surface area contributed by atoms with Crippen molar-refractivity contribution in [1.29, 1.82) is 0 Å². The lowest BCUT2D eigenvalue weighted by Crippen LogP contribution is -2.45. The molecule has 0 aliphatic carbocycles. The summed E-state index contributed by atoms with van der Waals surface area (Å²) in [6, 6.07) is 1.46. The summed E-state index contributed by atoms with van der Waals surface area (Å²) in [6.45, 7) is 2.72. The lowest BCUT2D eigenvalue weighted by atomic mass is 10.2. The molecule has 2 amide bonds. The maximum absolute atomic E-state index is 12.0. The minimum absolute atomic E-state index is 0.0470. The van der Waals surface area contributed by atoms with E-state index in [9.17, 15) is 9.59 Å². The van der Waals surface area contributed by atoms with Gasteiger partial charge in [-0.05, 0) is 26.3 Å². The number of likely N-dealkylation sites (N-methyl/N-ethyl adjacent to an activating group) is 1. The molecule has 7 nitrogen and oxygen atoms in total. The summed E-state index contributed by atoms with van der Waals surface area (Å²) in [5.41, 5.74) is 0.710. The first kappa shape index (κ1) is 14.5. The zero-order chi connectivity index (χ0) is 14.7. The van der Waals surface area contributed by atoms with Gasteiger partial charge in [0.05, 0.1) is 18.3 Å². The lowest BCUT2D eigenvalue weighted by Gasteiger charge is -2.25. The van der Waals surface area contributed by atoms with E-state index in [0.29, 0.717) is 11.6 Å². The zero-order valence-corrected chi connectivity index (χ0v) is 12.0. The van der Waals surface area contributed by atoms with E-state index in [4.69, 9.17) is 4.52 Å². The van der Waals surface area contributed by atoms with Crippen LogP contribution in [0.15, 0.2) is 10.6 Å². The van der Waals surface area contributed by atoms with Gasteiger partial charge in [-0.1, -0.05) is 5.16 Å². The van der Waals surface area contributed by atoms with Crippen LogP contribution in [-0.4, -0.2) is 60.0 Å². The van der Waals surface area contributed by atoms with Crippen molar-refractivity contribution in [3.05, 3.63) is 11.8 Å². The Morgan fingerprint density at radius 2 is 2.30 bits per heavy atom. The first-order valence-electron chi connectivity index (χ1n) is 6.66. The Morgan fingerprint density at radius 1 is 1.55 bits per heavy atom. The number of likely N-dealkylation sites (tertiary alicyclic amines) is 1. The SMILES string of the molecule is Cc1cc(NC(=O)CN2CCC[C@@H]2C(=O)N(C)C)on1. The minimum Gasteiger partial charge on any atom is -0.347 e. The summed E-state index contributed by atoms with van der Waals surface area (Å²) < 4.78 is 4.94. The smallest absolute Gasteiger partial charge is 0.240 e. The van der Waals surface area contributed by atoms with Gasteiger partial charge in [-0.25, -0.2) is 0 Å². The highest BCUT2D eigenvalue weighted by Crippen LogP contribution is 2.18. The van der Waals surface area contributed by atoms with Gasteiger partial charge in [0.2, 0.25) is 17.7 Å². The van der Waals surface area contributed by atoms with E-state index in [1.165, 1.54) is 0 Å². The van der Waals surface area contributed by atoms with Crippen molar-refractivity contribution in [2.45, 2.75) is 25.8 Å². The Kier molecular flexibility index (Phi) is 4.39. The first-order chi connectivity index (χ1) is 9.47. The fraction of sp³-hybridized carbons (Fsp3) is 0.615. The number of aromatic nitrogens is 1. The molecule has 20 heavy (non-hydrogen) atoms. The molecular formula is C13H20N4O3. The van der Waals surface area contributed by atoms with Crippen LogP contribution in [0.4, 0.5) is 5.88 Å². The second kappa shape index (κ2) is 6.04. The van der Waals surface area contributed by atoms with Gasteiger partial charge < -0.3 is 9.42 Å². The largest absolute Gasteiger partial charge is 0.347 e. The molecule has 0 radical (unpaired) electrons. The molecule has 1 atom stereocenters. The van der Waals surface area contributed by atoms with E-state index >= 15 is 0 Å². The topological polar surface area (TPSA) is 78.7 Å². The standard InChI is InChI=1S/C13H20N4O3/c1-9-7-12(20-15-9)14-11(18)8-17-6-4-5-10(17)13(19)16(2)3/h7,10H,4-6,8H2,1-3H3,(H,14,18)/t10-/m1/s1. The highest BCUT2D eigenvalue weighted by atomic mass is 16.5. The number of amides is 2. The Hall–Kier alpha value is -1.89. The second-order valence-corrected chi connectivity index (χ2v) is 5.24. The molecule has 0 saturated carbocycles. The fourth-order valence-corrected chi connectivity index (χ4v) is 2.38. The van der Waals surface area contributed by atoms with Crippen LogP contribution in [0.5, 0.6) is 0 Å². The molecule has 1 aliphatic heterocycles.